The molecule has 1 aromatic rings. The molecule has 5 nitrogen and oxygen atoms in total. The number of guanidine groups is 1. The van der Waals surface area contributed by atoms with Crippen LogP contribution in [0.2, 0.25) is 0 Å². The van der Waals surface area contributed by atoms with Crippen LogP contribution in [0.3, 0.4) is 0 Å². The van der Waals surface area contributed by atoms with Crippen LogP contribution in [0, 0.1) is 0 Å². The van der Waals surface area contributed by atoms with E-state index in [1.165, 1.54) is 12.3 Å². The molecule has 0 bridgehead atoms. The lowest BCUT2D eigenvalue weighted by Gasteiger charge is -2.11. The predicted octanol–water partition coefficient (Wildman–Crippen LogP) is 3.50. The molecule has 1 heterocycles. The molecule has 138 valence electrons. The molecule has 0 aromatic carbocycles. The second kappa shape index (κ2) is 12.2. The van der Waals surface area contributed by atoms with Crippen molar-refractivity contribution < 1.29 is 17.9 Å². The Labute approximate surface area is 157 Å². The zero-order chi connectivity index (χ0) is 17.1. The van der Waals surface area contributed by atoms with Gasteiger partial charge in [0.05, 0.1) is 6.54 Å². The summed E-state index contributed by atoms with van der Waals surface area (Å²) in [6.07, 6.45) is -0.850. The molecule has 24 heavy (non-hydrogen) atoms. The van der Waals surface area contributed by atoms with Gasteiger partial charge in [0.2, 0.25) is 5.88 Å². The first-order valence-corrected chi connectivity index (χ1v) is 7.61. The van der Waals surface area contributed by atoms with Gasteiger partial charge < -0.3 is 15.4 Å². The molecule has 1 rings (SSSR count). The van der Waals surface area contributed by atoms with E-state index in [1.54, 1.807) is 6.07 Å². The molecule has 9 heteroatoms. The summed E-state index contributed by atoms with van der Waals surface area (Å²) in [6.45, 7) is 4.59. The zero-order valence-corrected chi connectivity index (χ0v) is 16.1. The molecule has 0 amide bonds. The second-order valence-electron chi connectivity index (χ2n) is 4.88. The van der Waals surface area contributed by atoms with Crippen molar-refractivity contribution in [2.75, 3.05) is 19.7 Å². The largest absolute Gasteiger partial charge is 0.468 e. The number of hydrogen-bond acceptors (Lipinski definition) is 3. The Balaban J connectivity index is 0.00000529. The van der Waals surface area contributed by atoms with Gasteiger partial charge in [0.1, 0.15) is 0 Å². The summed E-state index contributed by atoms with van der Waals surface area (Å²) in [6, 6.07) is 3.16. The molecule has 0 atom stereocenters. The number of unbranched alkanes of at least 4 members (excludes halogenated alkanes) is 1. The summed E-state index contributed by atoms with van der Waals surface area (Å²) in [5.41, 5.74) is 0.727. The van der Waals surface area contributed by atoms with E-state index in [0.29, 0.717) is 12.5 Å². The highest BCUT2D eigenvalue weighted by Crippen LogP contribution is 2.17. The quantitative estimate of drug-likeness (QED) is 0.270. The minimum atomic E-state index is -4.38. The Kier molecular flexibility index (Phi) is 11.5. The van der Waals surface area contributed by atoms with Crippen LogP contribution in [0.15, 0.2) is 23.3 Å². The van der Waals surface area contributed by atoms with Gasteiger partial charge in [-0.05, 0) is 25.0 Å². The first-order valence-electron chi connectivity index (χ1n) is 7.61. The Morgan fingerprint density at radius 3 is 2.67 bits per heavy atom. The van der Waals surface area contributed by atoms with Crippen LogP contribution in [-0.4, -0.2) is 36.8 Å². The molecule has 0 unspecified atom stereocenters. The number of rotatable bonds is 8. The number of hydrogen-bond donors (Lipinski definition) is 2. The molecular weight excluding hydrogens is 436 g/mol. The molecule has 0 aliphatic heterocycles. The summed E-state index contributed by atoms with van der Waals surface area (Å²) in [5, 5.41) is 6.31. The molecule has 0 fully saturated rings. The zero-order valence-electron chi connectivity index (χ0n) is 13.8. The van der Waals surface area contributed by atoms with Gasteiger partial charge in [-0.15, -0.1) is 24.0 Å². The standard InChI is InChI=1S/C15H23F3N4O.HI/c1-3-5-7-21-14(19-4-2)22-10-12-6-8-20-13(9-12)23-11-15(16,17)18;/h6,8-9H,3-5,7,10-11H2,1-2H3,(H2,19,21,22);1H. The maximum atomic E-state index is 12.1. The normalized spacial score (nSPS) is 11.6. The minimum absolute atomic E-state index is 0. The van der Waals surface area contributed by atoms with Crippen molar-refractivity contribution in [3.8, 4) is 5.88 Å². The van der Waals surface area contributed by atoms with Crippen molar-refractivity contribution in [1.82, 2.24) is 15.6 Å². The number of ether oxygens (including phenoxy) is 1. The topological polar surface area (TPSA) is 58.5 Å². The SMILES string of the molecule is CCCCNC(=NCc1ccnc(OCC(F)(F)F)c1)NCC.I. The summed E-state index contributed by atoms with van der Waals surface area (Å²) in [5.74, 6) is 0.620. The molecule has 0 aliphatic carbocycles. The highest BCUT2D eigenvalue weighted by molar-refractivity contribution is 14.0. The van der Waals surface area contributed by atoms with E-state index in [4.69, 9.17) is 0 Å². The van der Waals surface area contributed by atoms with Crippen molar-refractivity contribution in [2.24, 2.45) is 4.99 Å². The number of pyridine rings is 1. The van der Waals surface area contributed by atoms with Crippen LogP contribution >= 0.6 is 24.0 Å². The van der Waals surface area contributed by atoms with Crippen molar-refractivity contribution in [3.05, 3.63) is 23.9 Å². The van der Waals surface area contributed by atoms with Gasteiger partial charge in [0, 0.05) is 25.4 Å². The van der Waals surface area contributed by atoms with E-state index in [1.807, 2.05) is 6.92 Å². The number of alkyl halides is 3. The summed E-state index contributed by atoms with van der Waals surface area (Å²) in [7, 11) is 0. The first-order chi connectivity index (χ1) is 10.9. The van der Waals surface area contributed by atoms with Gasteiger partial charge in [0.25, 0.3) is 0 Å². The van der Waals surface area contributed by atoms with Gasteiger partial charge in [-0.2, -0.15) is 13.2 Å². The third kappa shape index (κ3) is 10.5. The summed E-state index contributed by atoms with van der Waals surface area (Å²) in [4.78, 5) is 8.16. The fourth-order valence-corrected chi connectivity index (χ4v) is 1.68. The molecule has 0 aliphatic rings. The Morgan fingerprint density at radius 1 is 1.29 bits per heavy atom. The highest BCUT2D eigenvalue weighted by atomic mass is 127. The molecule has 0 radical (unpaired) electrons. The number of aromatic nitrogens is 1. The van der Waals surface area contributed by atoms with Crippen molar-refractivity contribution >= 4 is 29.9 Å². The van der Waals surface area contributed by atoms with Crippen LogP contribution in [0.5, 0.6) is 5.88 Å². The number of halogens is 4. The van der Waals surface area contributed by atoms with Crippen LogP contribution in [-0.2, 0) is 6.54 Å². The van der Waals surface area contributed by atoms with E-state index in [2.05, 4.69) is 32.3 Å². The summed E-state index contributed by atoms with van der Waals surface area (Å²) < 4.78 is 41.0. The Bertz CT molecular complexity index is 498. The van der Waals surface area contributed by atoms with Crippen molar-refractivity contribution in [2.45, 2.75) is 39.4 Å². The molecular formula is C15H24F3IN4O. The molecule has 0 saturated heterocycles. The van der Waals surface area contributed by atoms with E-state index >= 15 is 0 Å². The minimum Gasteiger partial charge on any atom is -0.468 e. The van der Waals surface area contributed by atoms with Crippen LogP contribution < -0.4 is 15.4 Å². The monoisotopic (exact) mass is 460 g/mol. The van der Waals surface area contributed by atoms with Gasteiger partial charge in [0.15, 0.2) is 12.6 Å². The van der Waals surface area contributed by atoms with E-state index in [-0.39, 0.29) is 29.9 Å². The molecule has 1 aromatic heterocycles. The Morgan fingerprint density at radius 2 is 2.04 bits per heavy atom. The highest BCUT2D eigenvalue weighted by Gasteiger charge is 2.28. The van der Waals surface area contributed by atoms with E-state index < -0.39 is 12.8 Å². The maximum absolute atomic E-state index is 12.1. The second-order valence-corrected chi connectivity index (χ2v) is 4.88. The molecule has 0 spiro atoms. The van der Waals surface area contributed by atoms with Gasteiger partial charge >= 0.3 is 6.18 Å². The van der Waals surface area contributed by atoms with Crippen molar-refractivity contribution in [3.63, 3.8) is 0 Å². The Hall–Kier alpha value is -1.26. The van der Waals surface area contributed by atoms with Crippen molar-refractivity contribution in [1.29, 1.82) is 0 Å². The third-order valence-corrected chi connectivity index (χ3v) is 2.77. The fourth-order valence-electron chi connectivity index (χ4n) is 1.68. The first kappa shape index (κ1) is 22.7. The van der Waals surface area contributed by atoms with Crippen LogP contribution in [0.25, 0.3) is 0 Å². The fraction of sp³-hybridized carbons (Fsp3) is 0.600. The van der Waals surface area contributed by atoms with E-state index in [9.17, 15) is 13.2 Å². The average molecular weight is 460 g/mol. The molecule has 2 N–H and O–H groups in total. The third-order valence-electron chi connectivity index (χ3n) is 2.77. The lowest BCUT2D eigenvalue weighted by molar-refractivity contribution is -0.154. The number of nitrogens with one attached hydrogen (secondary N) is 2. The number of aliphatic imine (C=N–C) groups is 1. The van der Waals surface area contributed by atoms with Gasteiger partial charge in [-0.1, -0.05) is 13.3 Å². The van der Waals surface area contributed by atoms with Crippen LogP contribution in [0.4, 0.5) is 13.2 Å². The van der Waals surface area contributed by atoms with E-state index in [0.717, 1.165) is 31.5 Å². The average Bonchev–Trinajstić information content (AvgIpc) is 2.50. The number of nitrogens with zero attached hydrogens (tertiary/aromatic N) is 2. The maximum Gasteiger partial charge on any atom is 0.422 e. The lowest BCUT2D eigenvalue weighted by atomic mass is 10.3. The van der Waals surface area contributed by atoms with Crippen LogP contribution in [0.1, 0.15) is 32.3 Å². The van der Waals surface area contributed by atoms with Gasteiger partial charge in [-0.25, -0.2) is 9.98 Å². The summed E-state index contributed by atoms with van der Waals surface area (Å²) >= 11 is 0. The molecule has 0 saturated carbocycles. The lowest BCUT2D eigenvalue weighted by Crippen LogP contribution is -2.37. The predicted molar refractivity (Wildman–Crippen MR) is 98.9 cm³/mol. The smallest absolute Gasteiger partial charge is 0.422 e. The van der Waals surface area contributed by atoms with Gasteiger partial charge in [-0.3, -0.25) is 0 Å².